The molecular formula is C29H24ClN3O8S. The lowest BCUT2D eigenvalue weighted by molar-refractivity contribution is -0.384. The van der Waals surface area contributed by atoms with Gasteiger partial charge in [-0.2, -0.15) is 0 Å². The molecule has 13 heteroatoms. The maximum absolute atomic E-state index is 13.9. The lowest BCUT2D eigenvalue weighted by Gasteiger charge is -2.25. The largest absolute Gasteiger partial charge is 0.493 e. The minimum atomic E-state index is -0.849. The first-order chi connectivity index (χ1) is 20.2. The fourth-order valence-electron chi connectivity index (χ4n) is 4.65. The molecule has 0 saturated carbocycles. The van der Waals surface area contributed by atoms with Gasteiger partial charge in [0.25, 0.3) is 11.2 Å². The van der Waals surface area contributed by atoms with Gasteiger partial charge in [-0.1, -0.05) is 29.0 Å². The van der Waals surface area contributed by atoms with E-state index in [1.165, 1.54) is 37.0 Å². The summed E-state index contributed by atoms with van der Waals surface area (Å²) in [5.41, 5.74) is 1.04. The Morgan fingerprint density at radius 1 is 1.17 bits per heavy atom. The van der Waals surface area contributed by atoms with Crippen molar-refractivity contribution in [1.82, 2.24) is 4.57 Å². The number of non-ortho nitro benzene ring substituents is 1. The Bertz CT molecular complexity index is 1940. The number of hydrogen-bond acceptors (Lipinski definition) is 10. The molecule has 0 aliphatic carbocycles. The summed E-state index contributed by atoms with van der Waals surface area (Å²) in [5, 5.41) is 11.5. The Balaban J connectivity index is 1.65. The van der Waals surface area contributed by atoms with Crippen molar-refractivity contribution in [1.29, 1.82) is 0 Å². The highest BCUT2D eigenvalue weighted by atomic mass is 35.5. The SMILES string of the molecule is CCOC(=O)C1=C(C)N=c2sc(=Cc3ccc(-c4cc([N+](=O)[O-])ccc4Cl)o3)c(=O)n2C1c1ccc(OC)c(OC)c1. The van der Waals surface area contributed by atoms with Crippen molar-refractivity contribution in [3.63, 3.8) is 0 Å². The molecule has 0 spiro atoms. The van der Waals surface area contributed by atoms with E-state index in [9.17, 15) is 19.7 Å². The molecule has 11 nitrogen and oxygen atoms in total. The van der Waals surface area contributed by atoms with Gasteiger partial charge in [0.1, 0.15) is 11.5 Å². The third-order valence-electron chi connectivity index (χ3n) is 6.57. The fraction of sp³-hybridized carbons (Fsp3) is 0.207. The summed E-state index contributed by atoms with van der Waals surface area (Å²) in [6, 6.07) is 11.6. The van der Waals surface area contributed by atoms with Crippen molar-refractivity contribution in [2.45, 2.75) is 19.9 Å². The quantitative estimate of drug-likeness (QED) is 0.160. The summed E-state index contributed by atoms with van der Waals surface area (Å²) in [6.07, 6.45) is 1.55. The number of methoxy groups -OCH3 is 2. The summed E-state index contributed by atoms with van der Waals surface area (Å²) >= 11 is 7.40. The van der Waals surface area contributed by atoms with Crippen molar-refractivity contribution in [3.8, 4) is 22.8 Å². The smallest absolute Gasteiger partial charge is 0.338 e. The minimum absolute atomic E-state index is 0.136. The van der Waals surface area contributed by atoms with Crippen LogP contribution in [0.2, 0.25) is 5.02 Å². The molecule has 0 amide bonds. The topological polar surface area (TPSA) is 135 Å². The number of hydrogen-bond donors (Lipinski definition) is 0. The Morgan fingerprint density at radius 3 is 2.62 bits per heavy atom. The zero-order valence-electron chi connectivity index (χ0n) is 22.9. The molecule has 0 N–H and O–H groups in total. The van der Waals surface area contributed by atoms with E-state index in [0.29, 0.717) is 49.2 Å². The summed E-state index contributed by atoms with van der Waals surface area (Å²) in [4.78, 5) is 42.7. The van der Waals surface area contributed by atoms with Gasteiger partial charge < -0.3 is 18.6 Å². The molecular weight excluding hydrogens is 586 g/mol. The van der Waals surface area contributed by atoms with Crippen molar-refractivity contribution in [2.24, 2.45) is 4.99 Å². The molecule has 42 heavy (non-hydrogen) atoms. The predicted molar refractivity (Wildman–Crippen MR) is 156 cm³/mol. The van der Waals surface area contributed by atoms with E-state index in [1.807, 2.05) is 0 Å². The van der Waals surface area contributed by atoms with E-state index in [2.05, 4.69) is 4.99 Å². The number of allylic oxidation sites excluding steroid dienone is 1. The number of aromatic nitrogens is 1. The average molecular weight is 610 g/mol. The lowest BCUT2D eigenvalue weighted by atomic mass is 9.95. The Hall–Kier alpha value is -4.68. The van der Waals surface area contributed by atoms with E-state index < -0.39 is 22.5 Å². The number of thiazole rings is 1. The molecule has 2 aromatic carbocycles. The number of nitro groups is 1. The van der Waals surface area contributed by atoms with Crippen molar-refractivity contribution >= 4 is 40.7 Å². The summed E-state index contributed by atoms with van der Waals surface area (Å²) in [5.74, 6) is 0.952. The number of fused-ring (bicyclic) bond motifs is 1. The molecule has 1 aliphatic rings. The molecule has 2 aromatic heterocycles. The van der Waals surface area contributed by atoms with Gasteiger partial charge in [0.2, 0.25) is 0 Å². The van der Waals surface area contributed by atoms with Gasteiger partial charge >= 0.3 is 5.97 Å². The van der Waals surface area contributed by atoms with Gasteiger partial charge in [-0.05, 0) is 49.7 Å². The molecule has 0 saturated heterocycles. The summed E-state index contributed by atoms with van der Waals surface area (Å²) in [7, 11) is 3.01. The van der Waals surface area contributed by atoms with Crippen molar-refractivity contribution < 1.29 is 28.3 Å². The molecule has 0 fully saturated rings. The second-order valence-corrected chi connectivity index (χ2v) is 10.5. The van der Waals surface area contributed by atoms with E-state index in [0.717, 1.165) is 11.3 Å². The van der Waals surface area contributed by atoms with Crippen LogP contribution < -0.4 is 24.4 Å². The van der Waals surface area contributed by atoms with Crippen LogP contribution in [0, 0.1) is 10.1 Å². The highest BCUT2D eigenvalue weighted by molar-refractivity contribution is 7.07. The number of nitro benzene ring substituents is 1. The number of esters is 1. The van der Waals surface area contributed by atoms with E-state index in [-0.39, 0.29) is 22.9 Å². The monoisotopic (exact) mass is 609 g/mol. The number of benzene rings is 2. The first-order valence-corrected chi connectivity index (χ1v) is 13.8. The second-order valence-electron chi connectivity index (χ2n) is 9.04. The molecule has 216 valence electrons. The van der Waals surface area contributed by atoms with Gasteiger partial charge in [-0.15, -0.1) is 0 Å². The normalized spacial score (nSPS) is 14.8. The summed E-state index contributed by atoms with van der Waals surface area (Å²) in [6.45, 7) is 3.54. The molecule has 1 atom stereocenters. The first kappa shape index (κ1) is 28.8. The highest BCUT2D eigenvalue weighted by Crippen LogP contribution is 2.36. The molecule has 5 rings (SSSR count). The zero-order valence-corrected chi connectivity index (χ0v) is 24.4. The molecule has 3 heterocycles. The van der Waals surface area contributed by atoms with Crippen LogP contribution in [-0.2, 0) is 9.53 Å². The number of carbonyl (C=O) groups excluding carboxylic acids is 1. The number of furan rings is 1. The van der Waals surface area contributed by atoms with Crippen LogP contribution in [0.3, 0.4) is 0 Å². The average Bonchev–Trinajstić information content (AvgIpc) is 3.56. The number of rotatable bonds is 8. The zero-order chi connectivity index (χ0) is 30.1. The number of halogens is 1. The van der Waals surface area contributed by atoms with Gasteiger partial charge in [0.15, 0.2) is 16.3 Å². The van der Waals surface area contributed by atoms with Crippen molar-refractivity contribution in [2.75, 3.05) is 20.8 Å². The Labute approximate surface area is 247 Å². The third kappa shape index (κ3) is 5.21. The van der Waals surface area contributed by atoms with Gasteiger partial charge in [0.05, 0.1) is 52.6 Å². The van der Waals surface area contributed by atoms with Gasteiger partial charge in [0, 0.05) is 23.8 Å². The maximum atomic E-state index is 13.9. The Morgan fingerprint density at radius 2 is 1.93 bits per heavy atom. The lowest BCUT2D eigenvalue weighted by Crippen LogP contribution is -2.39. The highest BCUT2D eigenvalue weighted by Gasteiger charge is 2.34. The second kappa shape index (κ2) is 11.7. The van der Waals surface area contributed by atoms with E-state index in [1.54, 1.807) is 50.3 Å². The number of carbonyl (C=O) groups is 1. The van der Waals surface area contributed by atoms with Crippen molar-refractivity contribution in [3.05, 3.63) is 106 Å². The van der Waals surface area contributed by atoms with Crippen LogP contribution in [0.5, 0.6) is 11.5 Å². The molecule has 4 aromatic rings. The van der Waals surface area contributed by atoms with Crippen LogP contribution in [-0.4, -0.2) is 36.3 Å². The Kier molecular flexibility index (Phi) is 8.01. The van der Waals surface area contributed by atoms with E-state index >= 15 is 0 Å². The van der Waals surface area contributed by atoms with Crippen LogP contribution in [0.4, 0.5) is 5.69 Å². The molecule has 1 unspecified atom stereocenters. The number of nitrogens with zero attached hydrogens (tertiary/aromatic N) is 3. The van der Waals surface area contributed by atoms with Crippen LogP contribution >= 0.6 is 22.9 Å². The standard InChI is InChI=1S/C29H24ClN3O8S/c1-5-40-28(35)25-15(2)31-29-32(26(25)16-6-10-22(38-3)23(12-16)39-4)27(34)24(42-29)14-18-8-11-21(41-18)19-13-17(33(36)37)7-9-20(19)30/h6-14,26H,5H2,1-4H3. The van der Waals surface area contributed by atoms with Crippen LogP contribution in [0.15, 0.2) is 74.0 Å². The van der Waals surface area contributed by atoms with Gasteiger partial charge in [-0.25, -0.2) is 9.79 Å². The third-order valence-corrected chi connectivity index (χ3v) is 7.88. The number of ether oxygens (including phenoxy) is 3. The molecule has 0 bridgehead atoms. The molecule has 0 radical (unpaired) electrons. The van der Waals surface area contributed by atoms with Crippen LogP contribution in [0.25, 0.3) is 17.4 Å². The summed E-state index contributed by atoms with van der Waals surface area (Å²) < 4.78 is 23.8. The molecule has 1 aliphatic heterocycles. The fourth-order valence-corrected chi connectivity index (χ4v) is 5.89. The first-order valence-electron chi connectivity index (χ1n) is 12.6. The minimum Gasteiger partial charge on any atom is -0.493 e. The maximum Gasteiger partial charge on any atom is 0.338 e. The van der Waals surface area contributed by atoms with Crippen LogP contribution in [0.1, 0.15) is 31.2 Å². The van der Waals surface area contributed by atoms with Gasteiger partial charge in [-0.3, -0.25) is 19.5 Å². The predicted octanol–water partition coefficient (Wildman–Crippen LogP) is 4.64. The van der Waals surface area contributed by atoms with E-state index in [4.69, 9.17) is 30.2 Å².